The third-order valence-electron chi connectivity index (χ3n) is 4.63. The van der Waals surface area contributed by atoms with Crippen LogP contribution in [0.4, 0.5) is 24.0 Å². The number of benzene rings is 2. The van der Waals surface area contributed by atoms with E-state index in [1.807, 2.05) is 51.1 Å². The summed E-state index contributed by atoms with van der Waals surface area (Å²) in [6.45, 7) is 5.59. The highest BCUT2D eigenvalue weighted by molar-refractivity contribution is 7.16. The number of hydrogen-bond acceptors (Lipinski definition) is 4. The van der Waals surface area contributed by atoms with Crippen molar-refractivity contribution in [3.63, 3.8) is 0 Å². The summed E-state index contributed by atoms with van der Waals surface area (Å²) in [7, 11) is 0. The maximum Gasteiger partial charge on any atom is 0.416 e. The average molecular weight is 468 g/mol. The van der Waals surface area contributed by atoms with Gasteiger partial charge in [-0.15, -0.1) is 11.3 Å². The number of aryl methyl sites for hydroxylation is 1. The quantitative estimate of drug-likeness (QED) is 0.416. The van der Waals surface area contributed by atoms with Crippen molar-refractivity contribution >= 4 is 39.7 Å². The number of amides is 1. The Kier molecular flexibility index (Phi) is 6.91. The molecule has 2 N–H and O–H groups in total. The summed E-state index contributed by atoms with van der Waals surface area (Å²) in [6, 6.07) is 11.9. The van der Waals surface area contributed by atoms with E-state index in [4.69, 9.17) is 11.6 Å². The second-order valence-corrected chi connectivity index (χ2v) is 8.95. The fraction of sp³-hybridized carbons (Fsp3) is 0.273. The fourth-order valence-corrected chi connectivity index (χ4v) is 4.08. The van der Waals surface area contributed by atoms with Gasteiger partial charge < -0.3 is 10.6 Å². The molecular weight excluding hydrogens is 447 g/mol. The van der Waals surface area contributed by atoms with Gasteiger partial charge in [0, 0.05) is 10.4 Å². The highest BCUT2D eigenvalue weighted by Crippen LogP contribution is 2.35. The molecule has 164 valence electrons. The molecule has 1 aromatic heterocycles. The summed E-state index contributed by atoms with van der Waals surface area (Å²) >= 11 is 7.40. The van der Waals surface area contributed by atoms with Crippen molar-refractivity contribution in [2.75, 3.05) is 10.6 Å². The van der Waals surface area contributed by atoms with Crippen molar-refractivity contribution in [3.8, 4) is 11.3 Å². The lowest BCUT2D eigenvalue weighted by molar-refractivity contribution is -0.137. The van der Waals surface area contributed by atoms with Gasteiger partial charge in [0.2, 0.25) is 5.91 Å². The van der Waals surface area contributed by atoms with Crippen LogP contribution < -0.4 is 10.6 Å². The Balaban J connectivity index is 1.78. The third-order valence-corrected chi connectivity index (χ3v) is 5.83. The van der Waals surface area contributed by atoms with Gasteiger partial charge in [0.25, 0.3) is 0 Å². The van der Waals surface area contributed by atoms with Gasteiger partial charge in [0.1, 0.15) is 6.04 Å². The van der Waals surface area contributed by atoms with E-state index in [0.717, 1.165) is 28.3 Å². The second kappa shape index (κ2) is 9.28. The molecule has 0 aliphatic heterocycles. The molecular formula is C22H21ClF3N3OS. The van der Waals surface area contributed by atoms with Crippen molar-refractivity contribution in [3.05, 3.63) is 64.0 Å². The highest BCUT2D eigenvalue weighted by Gasteiger charge is 2.31. The predicted octanol–water partition coefficient (Wildman–Crippen LogP) is 6.87. The van der Waals surface area contributed by atoms with Gasteiger partial charge in [0.05, 0.1) is 22.0 Å². The minimum absolute atomic E-state index is 0.107. The monoisotopic (exact) mass is 467 g/mol. The number of alkyl halides is 3. The number of hydrogen-bond donors (Lipinski definition) is 2. The van der Waals surface area contributed by atoms with E-state index >= 15 is 0 Å². The summed E-state index contributed by atoms with van der Waals surface area (Å²) in [5.41, 5.74) is 1.15. The zero-order valence-corrected chi connectivity index (χ0v) is 18.6. The number of carbonyl (C=O) groups excluding carboxylic acids is 1. The molecule has 0 fully saturated rings. The lowest BCUT2D eigenvalue weighted by Gasteiger charge is -2.23. The van der Waals surface area contributed by atoms with Gasteiger partial charge in [-0.1, -0.05) is 55.8 Å². The molecule has 9 heteroatoms. The van der Waals surface area contributed by atoms with Crippen molar-refractivity contribution in [1.29, 1.82) is 0 Å². The molecule has 1 heterocycles. The van der Waals surface area contributed by atoms with E-state index in [0.29, 0.717) is 5.13 Å². The first-order valence-electron chi connectivity index (χ1n) is 9.53. The zero-order valence-electron chi connectivity index (χ0n) is 17.0. The van der Waals surface area contributed by atoms with Crippen molar-refractivity contribution in [1.82, 2.24) is 4.98 Å². The fourth-order valence-electron chi connectivity index (χ4n) is 3.01. The van der Waals surface area contributed by atoms with Gasteiger partial charge in [-0.3, -0.25) is 4.79 Å². The molecule has 0 spiro atoms. The van der Waals surface area contributed by atoms with Gasteiger partial charge in [-0.2, -0.15) is 13.2 Å². The molecule has 3 aromatic rings. The van der Waals surface area contributed by atoms with Gasteiger partial charge in [-0.05, 0) is 31.0 Å². The number of nitrogens with one attached hydrogen (secondary N) is 2. The minimum atomic E-state index is -4.49. The third kappa shape index (κ3) is 5.57. The molecule has 4 nitrogen and oxygen atoms in total. The number of halogens is 4. The first kappa shape index (κ1) is 23.1. The number of thiazole rings is 1. The number of anilines is 2. The summed E-state index contributed by atoms with van der Waals surface area (Å²) in [5, 5.41) is 6.12. The van der Waals surface area contributed by atoms with Gasteiger partial charge in [-0.25, -0.2) is 4.98 Å². The lowest BCUT2D eigenvalue weighted by atomic mass is 10.0. The van der Waals surface area contributed by atoms with Crippen LogP contribution in [-0.2, 0) is 11.0 Å². The van der Waals surface area contributed by atoms with E-state index in [2.05, 4.69) is 15.6 Å². The van der Waals surface area contributed by atoms with Crippen LogP contribution >= 0.6 is 22.9 Å². The molecule has 0 radical (unpaired) electrons. The van der Waals surface area contributed by atoms with Crippen LogP contribution in [0, 0.1) is 12.8 Å². The Morgan fingerprint density at radius 1 is 1.13 bits per heavy atom. The summed E-state index contributed by atoms with van der Waals surface area (Å²) in [5.74, 6) is -0.507. The van der Waals surface area contributed by atoms with E-state index in [1.165, 1.54) is 17.4 Å². The number of aromatic nitrogens is 1. The molecule has 0 saturated heterocycles. The van der Waals surface area contributed by atoms with Crippen molar-refractivity contribution in [2.45, 2.75) is 33.0 Å². The summed E-state index contributed by atoms with van der Waals surface area (Å²) < 4.78 is 38.6. The van der Waals surface area contributed by atoms with Crippen LogP contribution in [0.1, 0.15) is 24.3 Å². The Labute approximate surface area is 187 Å². The average Bonchev–Trinajstić information content (AvgIpc) is 3.06. The maximum atomic E-state index is 12.9. The molecule has 31 heavy (non-hydrogen) atoms. The van der Waals surface area contributed by atoms with Crippen LogP contribution in [0.5, 0.6) is 0 Å². The molecule has 1 amide bonds. The molecule has 0 aliphatic rings. The number of rotatable bonds is 6. The molecule has 0 saturated carbocycles. The van der Waals surface area contributed by atoms with Crippen LogP contribution in [0.25, 0.3) is 11.3 Å². The highest BCUT2D eigenvalue weighted by atomic mass is 35.5. The molecule has 2 aromatic carbocycles. The minimum Gasteiger partial charge on any atom is -0.372 e. The Hall–Kier alpha value is -2.58. The van der Waals surface area contributed by atoms with E-state index in [1.54, 1.807) is 0 Å². The Morgan fingerprint density at radius 2 is 1.81 bits per heavy atom. The smallest absolute Gasteiger partial charge is 0.372 e. The predicted molar refractivity (Wildman–Crippen MR) is 120 cm³/mol. The molecule has 0 aliphatic carbocycles. The van der Waals surface area contributed by atoms with E-state index in [-0.39, 0.29) is 22.5 Å². The first-order chi connectivity index (χ1) is 14.6. The van der Waals surface area contributed by atoms with Gasteiger partial charge in [0.15, 0.2) is 5.13 Å². The SMILES string of the molecule is Cc1sc(NC(=O)[C@@H](Nc2ccc(C(F)(F)F)cc2Cl)C(C)C)nc1-c1ccccc1. The standard InChI is InChI=1S/C22H21ClF3N3OS/c1-12(2)18(27-17-10-9-15(11-16(17)23)22(24,25)26)20(30)29-21-28-19(13(3)31-21)14-7-5-4-6-8-14/h4-12,18,27H,1-3H3,(H,28,29,30)/t18-/m0/s1. The van der Waals surface area contributed by atoms with Crippen LogP contribution in [0.3, 0.4) is 0 Å². The first-order valence-corrected chi connectivity index (χ1v) is 10.7. The molecule has 3 rings (SSSR count). The van der Waals surface area contributed by atoms with Crippen molar-refractivity contribution < 1.29 is 18.0 Å². The molecule has 1 atom stereocenters. The Bertz CT molecular complexity index is 1070. The maximum absolute atomic E-state index is 12.9. The summed E-state index contributed by atoms with van der Waals surface area (Å²) in [4.78, 5) is 18.4. The second-order valence-electron chi connectivity index (χ2n) is 7.34. The van der Waals surface area contributed by atoms with Crippen LogP contribution in [0.2, 0.25) is 5.02 Å². The van der Waals surface area contributed by atoms with Crippen LogP contribution in [-0.4, -0.2) is 16.9 Å². The summed E-state index contributed by atoms with van der Waals surface area (Å²) in [6.07, 6.45) is -4.49. The molecule has 0 bridgehead atoms. The van der Waals surface area contributed by atoms with Crippen LogP contribution in [0.15, 0.2) is 48.5 Å². The number of carbonyl (C=O) groups is 1. The normalized spacial score (nSPS) is 12.6. The van der Waals surface area contributed by atoms with Crippen molar-refractivity contribution in [2.24, 2.45) is 5.92 Å². The van der Waals surface area contributed by atoms with E-state index in [9.17, 15) is 18.0 Å². The number of nitrogens with zero attached hydrogens (tertiary/aromatic N) is 1. The van der Waals surface area contributed by atoms with Gasteiger partial charge >= 0.3 is 6.18 Å². The topological polar surface area (TPSA) is 54.0 Å². The molecule has 0 unspecified atom stereocenters. The Morgan fingerprint density at radius 3 is 2.39 bits per heavy atom. The lowest BCUT2D eigenvalue weighted by Crippen LogP contribution is -2.39. The zero-order chi connectivity index (χ0) is 22.8. The van der Waals surface area contributed by atoms with E-state index < -0.39 is 17.8 Å². The largest absolute Gasteiger partial charge is 0.416 e.